The number of fused-ring (bicyclic) bond motifs is 5. The predicted octanol–water partition coefficient (Wildman–Crippen LogP) is 3.76. The van der Waals surface area contributed by atoms with Crippen LogP contribution in [-0.4, -0.2) is 92.7 Å². The van der Waals surface area contributed by atoms with Crippen LogP contribution in [0.1, 0.15) is 69.0 Å². The molecule has 1 aromatic carbocycles. The largest absolute Gasteiger partial charge is 0.497 e. The molecule has 10 nitrogen and oxygen atoms in total. The van der Waals surface area contributed by atoms with Crippen molar-refractivity contribution in [1.29, 1.82) is 0 Å². The van der Waals surface area contributed by atoms with Crippen molar-refractivity contribution >= 4 is 28.6 Å². The SMILES string of the molecule is COCCCNC(=O)CC1C[C@H](C(=O)N2CCOCC2)[C@@]2(CCC3CCCC3)c3[nH]c4ccc(OC)cc4c3CCN2C1=O. The van der Waals surface area contributed by atoms with Gasteiger partial charge in [0.05, 0.1) is 31.8 Å². The number of nitrogens with one attached hydrogen (secondary N) is 2. The molecule has 0 spiro atoms. The van der Waals surface area contributed by atoms with E-state index >= 15 is 0 Å². The van der Waals surface area contributed by atoms with Gasteiger partial charge >= 0.3 is 0 Å². The number of carbonyl (C=O) groups is 3. The Morgan fingerprint density at radius 2 is 1.93 bits per heavy atom. The molecule has 2 aromatic rings. The third-order valence-corrected chi connectivity index (χ3v) is 10.6. The Morgan fingerprint density at radius 3 is 2.68 bits per heavy atom. The molecule has 3 fully saturated rings. The van der Waals surface area contributed by atoms with Crippen LogP contribution >= 0.6 is 0 Å². The fourth-order valence-corrected chi connectivity index (χ4v) is 8.39. The molecule has 10 heteroatoms. The molecule has 6 rings (SSSR count). The molecular weight excluding hydrogens is 560 g/mol. The number of hydrogen-bond acceptors (Lipinski definition) is 6. The highest BCUT2D eigenvalue weighted by atomic mass is 16.5. The van der Waals surface area contributed by atoms with Crippen LogP contribution in [0.15, 0.2) is 18.2 Å². The Bertz CT molecular complexity index is 1350. The number of methoxy groups -OCH3 is 2. The van der Waals surface area contributed by atoms with E-state index in [1.165, 1.54) is 31.2 Å². The maximum Gasteiger partial charge on any atom is 0.228 e. The van der Waals surface area contributed by atoms with E-state index in [1.54, 1.807) is 14.2 Å². The third-order valence-electron chi connectivity index (χ3n) is 10.6. The number of H-pyrrole nitrogens is 1. The number of aromatic amines is 1. The summed E-state index contributed by atoms with van der Waals surface area (Å²) in [7, 11) is 3.32. The molecule has 1 saturated carbocycles. The van der Waals surface area contributed by atoms with Gasteiger partial charge in [-0.2, -0.15) is 0 Å². The van der Waals surface area contributed by atoms with Gasteiger partial charge in [0, 0.05) is 68.8 Å². The van der Waals surface area contributed by atoms with Crippen LogP contribution in [0.2, 0.25) is 0 Å². The maximum atomic E-state index is 14.7. The van der Waals surface area contributed by atoms with E-state index in [4.69, 9.17) is 14.2 Å². The summed E-state index contributed by atoms with van der Waals surface area (Å²) in [6.07, 6.45) is 8.45. The average Bonchev–Trinajstić information content (AvgIpc) is 3.71. The summed E-state index contributed by atoms with van der Waals surface area (Å²) in [6, 6.07) is 6.07. The summed E-state index contributed by atoms with van der Waals surface area (Å²) in [5, 5.41) is 4.06. The first-order valence-electron chi connectivity index (χ1n) is 16.6. The lowest BCUT2D eigenvalue weighted by Gasteiger charge is -2.56. The first-order valence-corrected chi connectivity index (χ1v) is 16.6. The van der Waals surface area contributed by atoms with E-state index in [9.17, 15) is 14.4 Å². The number of ether oxygens (including phenoxy) is 3. The Balaban J connectivity index is 1.41. The molecule has 1 aromatic heterocycles. The molecule has 2 saturated heterocycles. The van der Waals surface area contributed by atoms with E-state index in [0.29, 0.717) is 71.2 Å². The zero-order valence-electron chi connectivity index (χ0n) is 26.3. The minimum Gasteiger partial charge on any atom is -0.497 e. The molecule has 0 bridgehead atoms. The molecule has 0 radical (unpaired) electrons. The molecule has 3 atom stereocenters. The van der Waals surface area contributed by atoms with Crippen LogP contribution in [0.3, 0.4) is 0 Å². The quantitative estimate of drug-likeness (QED) is 0.376. The standard InChI is InChI=1S/C34H48N4O6/c1-42-17-5-13-35-30(39)21-24-20-28(33(41)37-15-18-44-19-16-37)34(12-10-23-6-3-4-7-23)31-26(11-14-38(34)32(24)40)27-22-25(43-2)8-9-29(27)36-31/h8-9,22-24,28,36H,3-7,10-21H2,1-2H3,(H,35,39)/t24?,28-,34+/m1/s1. The number of aromatic nitrogens is 1. The van der Waals surface area contributed by atoms with Gasteiger partial charge in [0.1, 0.15) is 5.75 Å². The fourth-order valence-electron chi connectivity index (χ4n) is 8.39. The summed E-state index contributed by atoms with van der Waals surface area (Å²) in [5.41, 5.74) is 2.40. The monoisotopic (exact) mass is 608 g/mol. The van der Waals surface area contributed by atoms with Crippen LogP contribution in [0, 0.1) is 17.8 Å². The fraction of sp³-hybridized carbons (Fsp3) is 0.676. The highest BCUT2D eigenvalue weighted by Crippen LogP contribution is 2.54. The Morgan fingerprint density at radius 1 is 1.14 bits per heavy atom. The molecule has 1 unspecified atom stereocenters. The number of benzene rings is 1. The molecule has 3 aliphatic heterocycles. The van der Waals surface area contributed by atoms with Crippen molar-refractivity contribution in [3.63, 3.8) is 0 Å². The lowest BCUT2D eigenvalue weighted by molar-refractivity contribution is -0.169. The van der Waals surface area contributed by atoms with Crippen LogP contribution < -0.4 is 10.1 Å². The van der Waals surface area contributed by atoms with Gasteiger partial charge in [-0.1, -0.05) is 25.7 Å². The number of amides is 3. The average molecular weight is 609 g/mol. The maximum absolute atomic E-state index is 14.7. The summed E-state index contributed by atoms with van der Waals surface area (Å²) in [4.78, 5) is 50.0. The van der Waals surface area contributed by atoms with Crippen LogP contribution in [-0.2, 0) is 35.8 Å². The molecule has 3 amide bonds. The number of carbonyl (C=O) groups excluding carboxylic acids is 3. The summed E-state index contributed by atoms with van der Waals surface area (Å²) in [5.74, 6) is 0.317. The number of rotatable bonds is 11. The van der Waals surface area contributed by atoms with Gasteiger partial charge in [-0.15, -0.1) is 0 Å². The first-order chi connectivity index (χ1) is 21.5. The number of nitrogens with zero attached hydrogens (tertiary/aromatic N) is 2. The van der Waals surface area contributed by atoms with Gasteiger partial charge in [-0.05, 0) is 61.8 Å². The summed E-state index contributed by atoms with van der Waals surface area (Å²) >= 11 is 0. The van der Waals surface area contributed by atoms with E-state index in [1.807, 2.05) is 21.9 Å². The van der Waals surface area contributed by atoms with Crippen LogP contribution in [0.4, 0.5) is 0 Å². The normalized spacial score (nSPS) is 25.6. The Hall–Kier alpha value is -3.11. The Labute approximate surface area is 260 Å². The van der Waals surface area contributed by atoms with E-state index < -0.39 is 17.4 Å². The highest BCUT2D eigenvalue weighted by molar-refractivity contribution is 5.93. The molecule has 2 N–H and O–H groups in total. The number of hydrogen-bond donors (Lipinski definition) is 2. The van der Waals surface area contributed by atoms with Crippen molar-refractivity contribution in [2.45, 2.75) is 69.7 Å². The minimum atomic E-state index is -0.791. The topological polar surface area (TPSA) is 113 Å². The van der Waals surface area contributed by atoms with Crippen LogP contribution in [0.25, 0.3) is 10.9 Å². The zero-order valence-corrected chi connectivity index (χ0v) is 26.3. The second-order valence-corrected chi connectivity index (χ2v) is 13.1. The van der Waals surface area contributed by atoms with Gasteiger partial charge in [0.25, 0.3) is 0 Å². The van der Waals surface area contributed by atoms with Crippen molar-refractivity contribution in [2.24, 2.45) is 17.8 Å². The number of piperidine rings is 1. The third kappa shape index (κ3) is 5.83. The van der Waals surface area contributed by atoms with Gasteiger partial charge in [-0.3, -0.25) is 14.4 Å². The molecule has 44 heavy (non-hydrogen) atoms. The van der Waals surface area contributed by atoms with Gasteiger partial charge in [0.2, 0.25) is 17.7 Å². The van der Waals surface area contributed by atoms with Crippen molar-refractivity contribution < 1.29 is 28.6 Å². The van der Waals surface area contributed by atoms with Crippen LogP contribution in [0.5, 0.6) is 5.75 Å². The summed E-state index contributed by atoms with van der Waals surface area (Å²) in [6.45, 7) is 3.71. The number of morpholine rings is 1. The van der Waals surface area contributed by atoms with E-state index in [0.717, 1.165) is 35.2 Å². The van der Waals surface area contributed by atoms with Gasteiger partial charge < -0.3 is 34.3 Å². The second-order valence-electron chi connectivity index (χ2n) is 13.1. The molecule has 4 heterocycles. The summed E-state index contributed by atoms with van der Waals surface area (Å²) < 4.78 is 16.3. The molecular formula is C34H48N4O6. The molecule has 4 aliphatic rings. The van der Waals surface area contributed by atoms with Crippen molar-refractivity contribution in [3.05, 3.63) is 29.5 Å². The van der Waals surface area contributed by atoms with Crippen molar-refractivity contribution in [2.75, 3.05) is 60.2 Å². The lowest BCUT2D eigenvalue weighted by atomic mass is 9.64. The van der Waals surface area contributed by atoms with Gasteiger partial charge in [0.15, 0.2) is 0 Å². The van der Waals surface area contributed by atoms with Crippen molar-refractivity contribution in [3.8, 4) is 5.75 Å². The van der Waals surface area contributed by atoms with Gasteiger partial charge in [-0.25, -0.2) is 0 Å². The predicted molar refractivity (Wildman–Crippen MR) is 166 cm³/mol. The second kappa shape index (κ2) is 13.5. The Kier molecular flexibility index (Phi) is 9.47. The first kappa shape index (κ1) is 30.9. The lowest BCUT2D eigenvalue weighted by Crippen LogP contribution is -2.66. The molecule has 240 valence electrons. The smallest absolute Gasteiger partial charge is 0.228 e. The molecule has 1 aliphatic carbocycles. The minimum absolute atomic E-state index is 0.00335. The van der Waals surface area contributed by atoms with Crippen molar-refractivity contribution in [1.82, 2.24) is 20.1 Å². The highest BCUT2D eigenvalue weighted by Gasteiger charge is 2.59. The van der Waals surface area contributed by atoms with E-state index in [-0.39, 0.29) is 24.1 Å². The van der Waals surface area contributed by atoms with E-state index in [2.05, 4.69) is 16.4 Å². The zero-order chi connectivity index (χ0) is 30.7.